The fraction of sp³-hybridized carbons (Fsp3) is 0.318. The first kappa shape index (κ1) is 20.5. The van der Waals surface area contributed by atoms with Gasteiger partial charge in [-0.2, -0.15) is 0 Å². The molecule has 0 saturated heterocycles. The third-order valence-electron chi connectivity index (χ3n) is 3.52. The summed E-state index contributed by atoms with van der Waals surface area (Å²) in [4.78, 5) is 12.0. The fourth-order valence-electron chi connectivity index (χ4n) is 2.03. The maximum Gasteiger partial charge on any atom is 0.0403 e. The van der Waals surface area contributed by atoms with Crippen LogP contribution in [-0.2, 0) is 19.3 Å². The maximum atomic E-state index is 4.17. The van der Waals surface area contributed by atoms with Crippen LogP contribution in [0.5, 0.6) is 0 Å². The van der Waals surface area contributed by atoms with E-state index in [2.05, 4.69) is 47.9 Å². The molecule has 3 heterocycles. The first-order valence-electron chi connectivity index (χ1n) is 8.97. The number of hydrogen-bond donors (Lipinski definition) is 0. The van der Waals surface area contributed by atoms with Gasteiger partial charge in [0.05, 0.1) is 0 Å². The van der Waals surface area contributed by atoms with E-state index in [0.717, 1.165) is 19.3 Å². The Hall–Kier alpha value is -2.55. The second kappa shape index (κ2) is 13.8. The lowest BCUT2D eigenvalue weighted by Gasteiger charge is -1.92. The summed E-state index contributed by atoms with van der Waals surface area (Å²) in [6, 6.07) is 14.1. The number of nitrogens with zero attached hydrogens (tertiary/aromatic N) is 3. The zero-order valence-electron chi connectivity index (χ0n) is 15.6. The molecule has 0 bridgehead atoms. The zero-order chi connectivity index (χ0) is 18.2. The topological polar surface area (TPSA) is 38.7 Å². The van der Waals surface area contributed by atoms with Gasteiger partial charge in [0.25, 0.3) is 0 Å². The number of hydrogen-bond acceptors (Lipinski definition) is 3. The lowest BCUT2D eigenvalue weighted by molar-refractivity contribution is 0.883. The number of rotatable bonds is 4. The van der Waals surface area contributed by atoms with Crippen LogP contribution < -0.4 is 0 Å². The van der Waals surface area contributed by atoms with Crippen molar-refractivity contribution in [3.63, 3.8) is 0 Å². The van der Waals surface area contributed by atoms with Crippen molar-refractivity contribution in [1.29, 1.82) is 0 Å². The van der Waals surface area contributed by atoms with Gasteiger partial charge in [-0.1, -0.05) is 39.3 Å². The highest BCUT2D eigenvalue weighted by atomic mass is 14.7. The van der Waals surface area contributed by atoms with Crippen LogP contribution in [0.1, 0.15) is 44.0 Å². The molecule has 0 aliphatic rings. The van der Waals surface area contributed by atoms with Gasteiger partial charge in [0.2, 0.25) is 0 Å². The van der Waals surface area contributed by atoms with Crippen LogP contribution in [0.3, 0.4) is 0 Å². The summed E-state index contributed by atoms with van der Waals surface area (Å²) in [5.74, 6) is 0. The van der Waals surface area contributed by atoms with Crippen molar-refractivity contribution in [3.05, 3.63) is 90.3 Å². The van der Waals surface area contributed by atoms with E-state index in [1.807, 2.05) is 55.1 Å². The Morgan fingerprint density at radius 1 is 0.680 bits per heavy atom. The normalized spacial score (nSPS) is 9.24. The lowest BCUT2D eigenvalue weighted by Crippen LogP contribution is -1.84. The van der Waals surface area contributed by atoms with Crippen LogP contribution in [0.2, 0.25) is 0 Å². The second-order valence-corrected chi connectivity index (χ2v) is 5.49. The molecular weight excluding hydrogens is 306 g/mol. The van der Waals surface area contributed by atoms with Gasteiger partial charge in [0, 0.05) is 36.7 Å². The molecule has 3 nitrogen and oxygen atoms in total. The van der Waals surface area contributed by atoms with Crippen molar-refractivity contribution in [2.45, 2.75) is 46.5 Å². The van der Waals surface area contributed by atoms with Gasteiger partial charge in [0.15, 0.2) is 0 Å². The molecule has 0 unspecified atom stereocenters. The van der Waals surface area contributed by atoms with Gasteiger partial charge < -0.3 is 0 Å². The van der Waals surface area contributed by atoms with Crippen LogP contribution in [0.15, 0.2) is 73.4 Å². The Morgan fingerprint density at radius 2 is 1.44 bits per heavy atom. The van der Waals surface area contributed by atoms with Crippen LogP contribution >= 0.6 is 0 Å². The number of aryl methyl sites for hydroxylation is 3. The minimum Gasteiger partial charge on any atom is -0.265 e. The molecule has 0 aliphatic heterocycles. The van der Waals surface area contributed by atoms with Crippen LogP contribution in [-0.4, -0.2) is 15.0 Å². The summed E-state index contributed by atoms with van der Waals surface area (Å²) in [5, 5.41) is 0. The van der Waals surface area contributed by atoms with E-state index in [4.69, 9.17) is 0 Å². The van der Waals surface area contributed by atoms with Crippen LogP contribution in [0.4, 0.5) is 0 Å². The van der Waals surface area contributed by atoms with Crippen molar-refractivity contribution in [2.75, 3.05) is 0 Å². The van der Waals surface area contributed by atoms with E-state index in [1.54, 1.807) is 6.20 Å². The molecule has 0 saturated carbocycles. The predicted octanol–water partition coefficient (Wildman–Crippen LogP) is 5.32. The molecule has 3 aromatic heterocycles. The van der Waals surface area contributed by atoms with E-state index in [0.29, 0.717) is 0 Å². The van der Waals surface area contributed by atoms with Gasteiger partial charge in [0.1, 0.15) is 0 Å². The predicted molar refractivity (Wildman–Crippen MR) is 105 cm³/mol. The second-order valence-electron chi connectivity index (χ2n) is 5.49. The van der Waals surface area contributed by atoms with Crippen LogP contribution in [0.25, 0.3) is 0 Å². The Kier molecular flexibility index (Phi) is 11.4. The monoisotopic (exact) mass is 335 g/mol. The molecule has 0 amide bonds. The van der Waals surface area contributed by atoms with Crippen LogP contribution in [0, 0.1) is 0 Å². The number of pyridine rings is 3. The Labute approximate surface area is 152 Å². The molecule has 0 radical (unpaired) electrons. The van der Waals surface area contributed by atoms with Gasteiger partial charge in [-0.15, -0.1) is 0 Å². The molecule has 0 aromatic carbocycles. The highest BCUT2D eigenvalue weighted by Crippen LogP contribution is 1.96. The smallest absolute Gasteiger partial charge is 0.0403 e. The third kappa shape index (κ3) is 10.0. The van der Waals surface area contributed by atoms with Gasteiger partial charge in [-0.25, -0.2) is 0 Å². The summed E-state index contributed by atoms with van der Waals surface area (Å²) >= 11 is 0. The van der Waals surface area contributed by atoms with Crippen molar-refractivity contribution in [2.24, 2.45) is 0 Å². The van der Waals surface area contributed by atoms with Crippen molar-refractivity contribution in [3.8, 4) is 0 Å². The van der Waals surface area contributed by atoms with Gasteiger partial charge in [-0.05, 0) is 60.7 Å². The summed E-state index contributed by atoms with van der Waals surface area (Å²) in [7, 11) is 0. The molecule has 3 rings (SSSR count). The van der Waals surface area contributed by atoms with E-state index in [9.17, 15) is 0 Å². The molecule has 132 valence electrons. The molecule has 25 heavy (non-hydrogen) atoms. The fourth-order valence-corrected chi connectivity index (χ4v) is 2.03. The maximum absolute atomic E-state index is 4.17. The molecule has 3 heteroatoms. The minimum absolute atomic E-state index is 1.08. The highest BCUT2D eigenvalue weighted by molar-refractivity contribution is 5.08. The lowest BCUT2D eigenvalue weighted by atomic mass is 10.2. The highest BCUT2D eigenvalue weighted by Gasteiger charge is 1.86. The summed E-state index contributed by atoms with van der Waals surface area (Å²) in [6.07, 6.45) is 13.6. The van der Waals surface area contributed by atoms with Crippen molar-refractivity contribution >= 4 is 0 Å². The van der Waals surface area contributed by atoms with Crippen molar-refractivity contribution in [1.82, 2.24) is 15.0 Å². The Balaban J connectivity index is 0.000000188. The molecule has 0 aliphatic carbocycles. The van der Waals surface area contributed by atoms with E-state index in [1.165, 1.54) is 23.2 Å². The average Bonchev–Trinajstić information content (AvgIpc) is 2.71. The minimum atomic E-state index is 1.08. The quantitative estimate of drug-likeness (QED) is 0.647. The van der Waals surface area contributed by atoms with E-state index >= 15 is 0 Å². The molecule has 0 fully saturated rings. The zero-order valence-corrected chi connectivity index (χ0v) is 15.6. The Morgan fingerprint density at radius 3 is 1.88 bits per heavy atom. The first-order valence-corrected chi connectivity index (χ1v) is 8.97. The molecular formula is C22H29N3. The van der Waals surface area contributed by atoms with Crippen molar-refractivity contribution < 1.29 is 0 Å². The average molecular weight is 335 g/mol. The molecule has 0 atom stereocenters. The van der Waals surface area contributed by atoms with Gasteiger partial charge in [-0.3, -0.25) is 15.0 Å². The SMILES string of the molecule is CCCc1ccccn1.CCc1cccnc1.CCc1ccncc1. The van der Waals surface area contributed by atoms with Gasteiger partial charge >= 0.3 is 0 Å². The molecule has 0 N–H and O–H groups in total. The summed E-state index contributed by atoms with van der Waals surface area (Å²) in [5.41, 5.74) is 3.84. The third-order valence-corrected chi connectivity index (χ3v) is 3.52. The number of aromatic nitrogens is 3. The summed E-state index contributed by atoms with van der Waals surface area (Å²) in [6.45, 7) is 6.42. The Bertz CT molecular complexity index is 600. The largest absolute Gasteiger partial charge is 0.265 e. The standard InChI is InChI=1S/C8H11N.2C7H9N/c1-2-5-8-6-3-4-7-9-8;1-2-7-3-5-8-6-4-7;1-2-7-4-3-5-8-6-7/h3-4,6-7H,2,5H2,1H3;2*3-6H,2H2,1H3. The van der Waals surface area contributed by atoms with E-state index in [-0.39, 0.29) is 0 Å². The molecule has 3 aromatic rings. The summed E-state index contributed by atoms with van der Waals surface area (Å²) < 4.78 is 0. The van der Waals surface area contributed by atoms with E-state index < -0.39 is 0 Å². The molecule has 0 spiro atoms. The first-order chi connectivity index (χ1) is 12.3.